The van der Waals surface area contributed by atoms with Crippen LogP contribution >= 0.6 is 12.4 Å². The number of carbonyl (C=O) groups is 2. The predicted molar refractivity (Wildman–Crippen MR) is 153 cm³/mol. The third kappa shape index (κ3) is 6.46. The smallest absolute Gasteiger partial charge is 0.245 e. The van der Waals surface area contributed by atoms with E-state index in [1.54, 1.807) is 24.0 Å². The number of piperidine rings is 1. The molecule has 39 heavy (non-hydrogen) atoms. The number of hydrogen-bond donors (Lipinski definition) is 4. The zero-order valence-corrected chi connectivity index (χ0v) is 23.7. The van der Waals surface area contributed by atoms with Crippen molar-refractivity contribution in [2.24, 2.45) is 5.92 Å². The topological polar surface area (TPSA) is 123 Å². The van der Waals surface area contributed by atoms with Gasteiger partial charge < -0.3 is 20.5 Å². The van der Waals surface area contributed by atoms with Gasteiger partial charge in [0.05, 0.1) is 4.90 Å². The average molecular weight is 574 g/mol. The SMILES string of the molecule is CCNS(=O)(=O)c1ccc2c(c1)CN(C(=O)[C@@H](Cc1c[nH]c3ccccc13)NC(=O)C1CCNCC1)CC2.Cl. The largest absolute Gasteiger partial charge is 0.361 e. The summed E-state index contributed by atoms with van der Waals surface area (Å²) < 4.78 is 27.6. The normalized spacial score (nSPS) is 16.8. The summed E-state index contributed by atoms with van der Waals surface area (Å²) in [7, 11) is -3.60. The summed E-state index contributed by atoms with van der Waals surface area (Å²) >= 11 is 0. The van der Waals surface area contributed by atoms with Crippen molar-refractivity contribution in [1.82, 2.24) is 25.2 Å². The van der Waals surface area contributed by atoms with Crippen molar-refractivity contribution >= 4 is 45.1 Å². The monoisotopic (exact) mass is 573 g/mol. The lowest BCUT2D eigenvalue weighted by Gasteiger charge is -2.33. The van der Waals surface area contributed by atoms with Crippen LogP contribution in [0, 0.1) is 5.92 Å². The van der Waals surface area contributed by atoms with Crippen LogP contribution in [0.1, 0.15) is 36.5 Å². The number of sulfonamides is 1. The maximum absolute atomic E-state index is 13.9. The molecule has 2 amide bonds. The van der Waals surface area contributed by atoms with E-state index in [2.05, 4.69) is 20.3 Å². The van der Waals surface area contributed by atoms with Crippen LogP contribution in [0.25, 0.3) is 10.9 Å². The van der Waals surface area contributed by atoms with Gasteiger partial charge in [0.15, 0.2) is 0 Å². The number of benzene rings is 2. The van der Waals surface area contributed by atoms with Gasteiger partial charge in [-0.1, -0.05) is 31.2 Å². The Bertz CT molecular complexity index is 1430. The van der Waals surface area contributed by atoms with Gasteiger partial charge in [-0.3, -0.25) is 9.59 Å². The molecule has 1 atom stereocenters. The van der Waals surface area contributed by atoms with Crippen molar-refractivity contribution < 1.29 is 18.0 Å². The van der Waals surface area contributed by atoms with Crippen molar-refractivity contribution in [3.63, 3.8) is 0 Å². The van der Waals surface area contributed by atoms with Crippen molar-refractivity contribution in [3.05, 3.63) is 65.4 Å². The second kappa shape index (κ2) is 12.5. The van der Waals surface area contributed by atoms with Crippen LogP contribution in [-0.2, 0) is 39.0 Å². The molecule has 5 rings (SSSR count). The van der Waals surface area contributed by atoms with Crippen molar-refractivity contribution in [1.29, 1.82) is 0 Å². The van der Waals surface area contributed by atoms with E-state index >= 15 is 0 Å². The van der Waals surface area contributed by atoms with Gasteiger partial charge in [-0.25, -0.2) is 13.1 Å². The standard InChI is InChI=1S/C28H35N5O4S.ClH/c1-2-31-38(36,37)23-8-7-19-11-14-33(18-22(19)15-23)28(35)26(32-27(34)20-9-12-29-13-10-20)16-21-17-30-25-6-4-3-5-24(21)25;/h3-8,15,17,20,26,29-31H,2,9-14,16,18H2,1H3,(H,32,34);1H/t26-;/m1./s1. The number of aromatic amines is 1. The van der Waals surface area contributed by atoms with Crippen LogP contribution < -0.4 is 15.4 Å². The van der Waals surface area contributed by atoms with E-state index in [9.17, 15) is 18.0 Å². The molecule has 0 aliphatic carbocycles. The highest BCUT2D eigenvalue weighted by atomic mass is 35.5. The Morgan fingerprint density at radius 2 is 1.87 bits per heavy atom. The summed E-state index contributed by atoms with van der Waals surface area (Å²) in [6, 6.07) is 12.3. The summed E-state index contributed by atoms with van der Waals surface area (Å²) in [4.78, 5) is 32.3. The van der Waals surface area contributed by atoms with E-state index in [0.717, 1.165) is 53.5 Å². The Kier molecular flexibility index (Phi) is 9.32. The van der Waals surface area contributed by atoms with E-state index in [1.807, 2.05) is 36.5 Å². The molecule has 1 aromatic heterocycles. The highest BCUT2D eigenvalue weighted by Gasteiger charge is 2.32. The molecule has 4 N–H and O–H groups in total. The lowest BCUT2D eigenvalue weighted by Crippen LogP contribution is -2.52. The molecule has 2 aromatic carbocycles. The van der Waals surface area contributed by atoms with E-state index in [4.69, 9.17) is 0 Å². The zero-order chi connectivity index (χ0) is 26.7. The summed E-state index contributed by atoms with van der Waals surface area (Å²) in [6.07, 6.45) is 4.41. The molecule has 0 radical (unpaired) electrons. The first-order valence-electron chi connectivity index (χ1n) is 13.3. The molecule has 9 nitrogen and oxygen atoms in total. The van der Waals surface area contributed by atoms with Crippen LogP contribution in [-0.4, -0.2) is 62.3 Å². The number of rotatable bonds is 8. The van der Waals surface area contributed by atoms with E-state index in [-0.39, 0.29) is 35.0 Å². The molecule has 0 bridgehead atoms. The Labute approximate surface area is 235 Å². The number of halogens is 1. The fourth-order valence-electron chi connectivity index (χ4n) is 5.48. The molecule has 2 aliphatic rings. The maximum Gasteiger partial charge on any atom is 0.245 e. The Balaban J connectivity index is 0.00000353. The highest BCUT2D eigenvalue weighted by Crippen LogP contribution is 2.25. The number of fused-ring (bicyclic) bond motifs is 2. The Morgan fingerprint density at radius 3 is 2.64 bits per heavy atom. The minimum Gasteiger partial charge on any atom is -0.361 e. The number of hydrogen-bond acceptors (Lipinski definition) is 5. The molecule has 0 spiro atoms. The number of para-hydroxylation sites is 1. The molecule has 3 heterocycles. The molecule has 3 aromatic rings. The molecular weight excluding hydrogens is 538 g/mol. The fraction of sp³-hybridized carbons (Fsp3) is 0.429. The van der Waals surface area contributed by atoms with Gasteiger partial charge in [-0.05, 0) is 67.2 Å². The Morgan fingerprint density at radius 1 is 1.10 bits per heavy atom. The van der Waals surface area contributed by atoms with Gasteiger partial charge in [-0.15, -0.1) is 12.4 Å². The molecule has 0 saturated carbocycles. The Hall–Kier alpha value is -2.92. The van der Waals surface area contributed by atoms with Crippen molar-refractivity contribution in [2.45, 2.75) is 50.1 Å². The van der Waals surface area contributed by atoms with Crippen molar-refractivity contribution in [3.8, 4) is 0 Å². The molecule has 1 saturated heterocycles. The summed E-state index contributed by atoms with van der Waals surface area (Å²) in [5.74, 6) is -0.347. The van der Waals surface area contributed by atoms with E-state index < -0.39 is 16.1 Å². The summed E-state index contributed by atoms with van der Waals surface area (Å²) in [5, 5.41) is 7.40. The van der Waals surface area contributed by atoms with Crippen LogP contribution in [0.15, 0.2) is 53.6 Å². The molecule has 11 heteroatoms. The van der Waals surface area contributed by atoms with Gasteiger partial charge in [-0.2, -0.15) is 0 Å². The number of nitrogens with one attached hydrogen (secondary N) is 4. The average Bonchev–Trinajstić information content (AvgIpc) is 3.34. The first kappa shape index (κ1) is 29.1. The number of H-pyrrole nitrogens is 1. The number of amides is 2. The molecule has 1 fully saturated rings. The second-order valence-electron chi connectivity index (χ2n) is 10.1. The van der Waals surface area contributed by atoms with Crippen LogP contribution in [0.3, 0.4) is 0 Å². The van der Waals surface area contributed by atoms with E-state index in [0.29, 0.717) is 32.5 Å². The molecule has 210 valence electrons. The minimum atomic E-state index is -3.60. The van der Waals surface area contributed by atoms with Crippen molar-refractivity contribution in [2.75, 3.05) is 26.2 Å². The third-order valence-corrected chi connectivity index (χ3v) is 9.11. The van der Waals surface area contributed by atoms with Crippen LogP contribution in [0.4, 0.5) is 0 Å². The second-order valence-corrected chi connectivity index (χ2v) is 11.9. The van der Waals surface area contributed by atoms with Gasteiger partial charge in [0.1, 0.15) is 6.04 Å². The lowest BCUT2D eigenvalue weighted by atomic mass is 9.95. The summed E-state index contributed by atoms with van der Waals surface area (Å²) in [6.45, 7) is 4.44. The molecule has 2 aliphatic heterocycles. The van der Waals surface area contributed by atoms with Crippen LogP contribution in [0.5, 0.6) is 0 Å². The van der Waals surface area contributed by atoms with Crippen LogP contribution in [0.2, 0.25) is 0 Å². The highest BCUT2D eigenvalue weighted by molar-refractivity contribution is 7.89. The molecular formula is C28H36ClN5O4S. The fourth-order valence-corrected chi connectivity index (χ4v) is 6.57. The summed E-state index contributed by atoms with van der Waals surface area (Å²) in [5.41, 5.74) is 3.82. The quantitative estimate of drug-likeness (QED) is 0.330. The molecule has 0 unspecified atom stereocenters. The maximum atomic E-state index is 13.9. The number of carbonyl (C=O) groups excluding carboxylic acids is 2. The zero-order valence-electron chi connectivity index (χ0n) is 22.0. The third-order valence-electron chi connectivity index (χ3n) is 7.57. The number of nitrogens with zero attached hydrogens (tertiary/aromatic N) is 1. The minimum absolute atomic E-state index is 0. The van der Waals surface area contributed by atoms with Gasteiger partial charge in [0.25, 0.3) is 0 Å². The lowest BCUT2D eigenvalue weighted by molar-refractivity contribution is -0.138. The van der Waals surface area contributed by atoms with Gasteiger partial charge >= 0.3 is 0 Å². The first-order chi connectivity index (χ1) is 18.4. The first-order valence-corrected chi connectivity index (χ1v) is 14.8. The number of aromatic nitrogens is 1. The predicted octanol–water partition coefficient (Wildman–Crippen LogP) is 2.50. The van der Waals surface area contributed by atoms with Gasteiger partial charge in [0, 0.05) is 49.1 Å². The van der Waals surface area contributed by atoms with Gasteiger partial charge in [0.2, 0.25) is 21.8 Å². The van der Waals surface area contributed by atoms with E-state index in [1.165, 1.54) is 0 Å².